The molecular weight excluding hydrogens is 550 g/mol. The molecule has 2 rings (SSSR count). The number of benzene rings is 1. The molecule has 6 heteroatoms. The van der Waals surface area contributed by atoms with Crippen molar-refractivity contribution >= 4 is 11.9 Å². The predicted molar refractivity (Wildman–Crippen MR) is 181 cm³/mol. The lowest BCUT2D eigenvalue weighted by atomic mass is 10.0. The third-order valence-corrected chi connectivity index (χ3v) is 8.40. The number of ether oxygens (including phenoxy) is 3. The minimum Gasteiger partial charge on any atom is -0.460 e. The summed E-state index contributed by atoms with van der Waals surface area (Å²) in [6.07, 6.45) is 27.7. The van der Waals surface area contributed by atoms with Crippen LogP contribution in [0.1, 0.15) is 159 Å². The van der Waals surface area contributed by atoms with E-state index in [-0.39, 0.29) is 18.8 Å². The predicted octanol–water partition coefficient (Wildman–Crippen LogP) is 9.86. The minimum atomic E-state index is -0.495. The lowest BCUT2D eigenvalue weighted by Crippen LogP contribution is -2.48. The van der Waals surface area contributed by atoms with E-state index in [1.807, 2.05) is 18.2 Å². The molecule has 44 heavy (non-hydrogen) atoms. The van der Waals surface area contributed by atoms with E-state index in [4.69, 9.17) is 14.2 Å². The summed E-state index contributed by atoms with van der Waals surface area (Å²) in [4.78, 5) is 25.8. The molecule has 1 fully saturated rings. The van der Waals surface area contributed by atoms with Gasteiger partial charge in [-0.2, -0.15) is 0 Å². The van der Waals surface area contributed by atoms with Crippen LogP contribution in [0.25, 0.3) is 0 Å². The van der Waals surface area contributed by atoms with Gasteiger partial charge in [-0.05, 0) is 50.7 Å². The van der Waals surface area contributed by atoms with Gasteiger partial charge < -0.3 is 19.5 Å². The van der Waals surface area contributed by atoms with Gasteiger partial charge in [0.05, 0.1) is 11.6 Å². The Morgan fingerprint density at radius 2 is 1.45 bits per heavy atom. The Morgan fingerprint density at radius 3 is 2.07 bits per heavy atom. The van der Waals surface area contributed by atoms with Crippen LogP contribution in [-0.2, 0) is 19.0 Å². The molecule has 1 aromatic rings. The highest BCUT2D eigenvalue weighted by Gasteiger charge is 2.28. The molecule has 1 aliphatic heterocycles. The first-order valence-corrected chi connectivity index (χ1v) is 18.1. The van der Waals surface area contributed by atoms with Crippen LogP contribution in [0.4, 0.5) is 0 Å². The van der Waals surface area contributed by atoms with Crippen molar-refractivity contribution in [3.05, 3.63) is 48.0 Å². The minimum absolute atomic E-state index is 0.0285. The van der Waals surface area contributed by atoms with E-state index >= 15 is 0 Å². The zero-order valence-electron chi connectivity index (χ0n) is 28.1. The molecule has 1 aromatic carbocycles. The normalized spacial score (nSPS) is 16.5. The topological polar surface area (TPSA) is 73.9 Å². The highest BCUT2D eigenvalue weighted by Crippen LogP contribution is 2.19. The lowest BCUT2D eigenvalue weighted by molar-refractivity contribution is -0.185. The summed E-state index contributed by atoms with van der Waals surface area (Å²) in [7, 11) is 0. The molecule has 0 saturated carbocycles. The number of carbonyl (C=O) groups is 2. The fraction of sp³-hybridized carbons (Fsp3) is 0.737. The van der Waals surface area contributed by atoms with Crippen molar-refractivity contribution in [2.75, 3.05) is 13.2 Å². The Labute approximate surface area is 269 Å². The Kier molecular flexibility index (Phi) is 22.5. The molecular formula is C38H63NO5. The number of hydrogen-bond donors (Lipinski definition) is 1. The molecule has 1 heterocycles. The van der Waals surface area contributed by atoms with Crippen LogP contribution in [-0.4, -0.2) is 43.5 Å². The molecule has 1 N–H and O–H groups in total. The fourth-order valence-electron chi connectivity index (χ4n) is 5.63. The molecule has 6 nitrogen and oxygen atoms in total. The first kappa shape index (κ1) is 38.0. The van der Waals surface area contributed by atoms with Gasteiger partial charge in [0.15, 0.2) is 6.29 Å². The van der Waals surface area contributed by atoms with E-state index < -0.39 is 18.1 Å². The molecule has 1 unspecified atom stereocenters. The largest absolute Gasteiger partial charge is 0.460 e. The Bertz CT molecular complexity index is 867. The summed E-state index contributed by atoms with van der Waals surface area (Å²) in [6, 6.07) is 8.49. The van der Waals surface area contributed by atoms with Gasteiger partial charge in [-0.3, -0.25) is 4.79 Å². The van der Waals surface area contributed by atoms with Crippen LogP contribution in [0.5, 0.6) is 0 Å². The number of allylic oxidation sites excluding steroid dienone is 1. The van der Waals surface area contributed by atoms with Gasteiger partial charge in [0.1, 0.15) is 12.7 Å². The zero-order valence-corrected chi connectivity index (χ0v) is 28.1. The van der Waals surface area contributed by atoms with Crippen molar-refractivity contribution in [2.24, 2.45) is 0 Å². The number of hydrogen-bond acceptors (Lipinski definition) is 5. The summed E-state index contributed by atoms with van der Waals surface area (Å²) < 4.78 is 18.1. The van der Waals surface area contributed by atoms with Gasteiger partial charge in [-0.1, -0.05) is 134 Å². The molecule has 1 aliphatic rings. The van der Waals surface area contributed by atoms with Crippen molar-refractivity contribution in [3.63, 3.8) is 0 Å². The molecule has 250 valence electrons. The maximum Gasteiger partial charge on any atom is 0.338 e. The second-order valence-corrected chi connectivity index (χ2v) is 12.5. The van der Waals surface area contributed by atoms with E-state index in [1.165, 1.54) is 77.0 Å². The molecule has 3 atom stereocenters. The quantitative estimate of drug-likeness (QED) is 0.0639. The van der Waals surface area contributed by atoms with Gasteiger partial charge in [0, 0.05) is 13.0 Å². The highest BCUT2D eigenvalue weighted by atomic mass is 16.7. The number of esters is 1. The van der Waals surface area contributed by atoms with E-state index in [0.29, 0.717) is 18.6 Å². The second kappa shape index (κ2) is 26.1. The third kappa shape index (κ3) is 18.6. The van der Waals surface area contributed by atoms with E-state index in [2.05, 4.69) is 31.3 Å². The van der Waals surface area contributed by atoms with Crippen LogP contribution in [0.3, 0.4) is 0 Å². The summed E-state index contributed by atoms with van der Waals surface area (Å²) in [6.45, 7) is 5.17. The summed E-state index contributed by atoms with van der Waals surface area (Å²) >= 11 is 0. The fourth-order valence-corrected chi connectivity index (χ4v) is 5.63. The van der Waals surface area contributed by atoms with E-state index in [1.54, 1.807) is 12.1 Å². The van der Waals surface area contributed by atoms with Crippen LogP contribution in [0.2, 0.25) is 0 Å². The van der Waals surface area contributed by atoms with Crippen LogP contribution in [0.15, 0.2) is 42.5 Å². The van der Waals surface area contributed by atoms with Gasteiger partial charge in [0.2, 0.25) is 5.91 Å². The average Bonchev–Trinajstić information content (AvgIpc) is 3.05. The molecule has 0 bridgehead atoms. The monoisotopic (exact) mass is 613 g/mol. The van der Waals surface area contributed by atoms with Crippen LogP contribution < -0.4 is 5.32 Å². The van der Waals surface area contributed by atoms with Gasteiger partial charge >= 0.3 is 5.97 Å². The Balaban J connectivity index is 1.93. The van der Waals surface area contributed by atoms with Crippen molar-refractivity contribution in [1.82, 2.24) is 5.32 Å². The molecule has 0 radical (unpaired) electrons. The summed E-state index contributed by atoms with van der Waals surface area (Å²) in [5.74, 6) is -0.429. The third-order valence-electron chi connectivity index (χ3n) is 8.40. The highest BCUT2D eigenvalue weighted by molar-refractivity contribution is 5.89. The maximum atomic E-state index is 13.0. The number of unbranched alkanes of at least 4 members (excludes halogenated alkanes) is 15. The lowest BCUT2D eigenvalue weighted by Gasteiger charge is -2.31. The van der Waals surface area contributed by atoms with Crippen molar-refractivity contribution in [3.8, 4) is 0 Å². The zero-order chi connectivity index (χ0) is 31.5. The average molecular weight is 614 g/mol. The number of nitrogens with one attached hydrogen (secondary N) is 1. The SMILES string of the molecule is CCCCCCCCCCCCC/C=C/[C@@H](OC1CCCCO1)[C@H](COC(=O)c1ccccc1)NC(=O)CCCCCCC. The molecule has 1 saturated heterocycles. The summed E-state index contributed by atoms with van der Waals surface area (Å²) in [5.41, 5.74) is 0.494. The van der Waals surface area contributed by atoms with Crippen molar-refractivity contribution < 1.29 is 23.8 Å². The molecule has 1 amide bonds. The molecule has 0 spiro atoms. The van der Waals surface area contributed by atoms with Crippen LogP contribution in [0, 0.1) is 0 Å². The van der Waals surface area contributed by atoms with Gasteiger partial charge in [-0.15, -0.1) is 0 Å². The second-order valence-electron chi connectivity index (χ2n) is 12.5. The van der Waals surface area contributed by atoms with Crippen molar-refractivity contribution in [1.29, 1.82) is 0 Å². The van der Waals surface area contributed by atoms with Crippen molar-refractivity contribution in [2.45, 2.75) is 167 Å². The standard InChI is InChI=1S/C38H63NO5/c1-3-5-7-9-10-11-12-13-14-15-16-18-22-28-35(44-37-30-24-25-31-42-37)34(39-36(40)29-23-17-8-6-4-2)32-43-38(41)33-26-20-19-21-27-33/h19-22,26-28,34-35,37H,3-18,23-25,29-32H2,1-2H3,(H,39,40)/b28-22+/t34-,35+,37?/m0/s1. The molecule has 0 aliphatic carbocycles. The summed E-state index contributed by atoms with van der Waals surface area (Å²) in [5, 5.41) is 3.15. The maximum absolute atomic E-state index is 13.0. The molecule has 0 aromatic heterocycles. The van der Waals surface area contributed by atoms with E-state index in [9.17, 15) is 9.59 Å². The van der Waals surface area contributed by atoms with Gasteiger partial charge in [0.25, 0.3) is 0 Å². The number of carbonyl (C=O) groups excluding carboxylic acids is 2. The Hall–Kier alpha value is -2.18. The first-order valence-electron chi connectivity index (χ1n) is 18.1. The van der Waals surface area contributed by atoms with E-state index in [0.717, 1.165) is 51.4 Å². The Morgan fingerprint density at radius 1 is 0.841 bits per heavy atom. The van der Waals surface area contributed by atoms with Crippen LogP contribution >= 0.6 is 0 Å². The number of rotatable bonds is 26. The smallest absolute Gasteiger partial charge is 0.338 e. The first-order chi connectivity index (χ1) is 21.6. The number of amides is 1. The van der Waals surface area contributed by atoms with Gasteiger partial charge in [-0.25, -0.2) is 4.79 Å².